The first-order chi connectivity index (χ1) is 12.8. The minimum absolute atomic E-state index is 0.0264. The molecule has 6 nitrogen and oxygen atoms in total. The molecule has 2 aliphatic rings. The van der Waals surface area contributed by atoms with Gasteiger partial charge in [0.15, 0.2) is 0 Å². The Bertz CT molecular complexity index is 953. The molecule has 136 valence electrons. The molecule has 1 aliphatic carbocycles. The van der Waals surface area contributed by atoms with E-state index < -0.39 is 29.2 Å². The van der Waals surface area contributed by atoms with E-state index in [4.69, 9.17) is 7.85 Å². The molecule has 1 fully saturated rings. The van der Waals surface area contributed by atoms with Crippen molar-refractivity contribution in [2.24, 2.45) is 0 Å². The fourth-order valence-electron chi connectivity index (χ4n) is 3.52. The molecule has 2 heterocycles. The zero-order chi connectivity index (χ0) is 19.3. The van der Waals surface area contributed by atoms with Crippen LogP contribution in [0.3, 0.4) is 0 Å². The lowest BCUT2D eigenvalue weighted by molar-refractivity contribution is -0.117. The molecule has 1 saturated carbocycles. The van der Waals surface area contributed by atoms with Crippen LogP contribution in [0.5, 0.6) is 0 Å². The lowest BCUT2D eigenvalue weighted by Gasteiger charge is -2.34. The van der Waals surface area contributed by atoms with Crippen LogP contribution >= 0.6 is 0 Å². The standard InChI is InChI=1S/C18H15BF2N4O2/c1-9-5-22-17(23-6-9)24-13(26)7-25-8-18(4-12(18)20)14-10(16(25)27)2-3-11(19)15(14)21/h2-3,5-6,12H,4,7-8H2,1H3,(H,22,23,24,26)/t12?,18-/m1/s1. The largest absolute Gasteiger partial charge is 0.328 e. The van der Waals surface area contributed by atoms with E-state index in [1.54, 1.807) is 12.4 Å². The van der Waals surface area contributed by atoms with Crippen LogP contribution in [0, 0.1) is 12.7 Å². The van der Waals surface area contributed by atoms with E-state index in [2.05, 4.69) is 15.3 Å². The number of rotatable bonds is 3. The summed E-state index contributed by atoms with van der Waals surface area (Å²) in [6.45, 7) is 1.42. The van der Waals surface area contributed by atoms with E-state index in [0.717, 1.165) is 5.56 Å². The van der Waals surface area contributed by atoms with Crippen LogP contribution < -0.4 is 10.8 Å². The van der Waals surface area contributed by atoms with E-state index in [0.29, 0.717) is 0 Å². The summed E-state index contributed by atoms with van der Waals surface area (Å²) in [4.78, 5) is 34.2. The van der Waals surface area contributed by atoms with Gasteiger partial charge >= 0.3 is 0 Å². The third-order valence-electron chi connectivity index (χ3n) is 5.01. The van der Waals surface area contributed by atoms with Crippen LogP contribution in [0.25, 0.3) is 0 Å². The molecule has 1 N–H and O–H groups in total. The Kier molecular flexibility index (Phi) is 3.98. The molecule has 1 spiro atoms. The normalized spacial score (nSPS) is 23.3. The summed E-state index contributed by atoms with van der Waals surface area (Å²) < 4.78 is 28.7. The number of amides is 2. The smallest absolute Gasteiger partial charge is 0.254 e. The number of alkyl halides is 1. The predicted molar refractivity (Wildman–Crippen MR) is 94.3 cm³/mol. The van der Waals surface area contributed by atoms with Crippen LogP contribution in [-0.2, 0) is 10.2 Å². The maximum Gasteiger partial charge on any atom is 0.254 e. The highest BCUT2D eigenvalue weighted by Crippen LogP contribution is 2.55. The van der Waals surface area contributed by atoms with Crippen LogP contribution in [0.4, 0.5) is 14.7 Å². The second-order valence-electron chi connectivity index (χ2n) is 7.01. The molecule has 0 saturated heterocycles. The van der Waals surface area contributed by atoms with Crippen LogP contribution in [0.15, 0.2) is 24.5 Å². The molecule has 1 aromatic heterocycles. The molecule has 2 radical (unpaired) electrons. The monoisotopic (exact) mass is 368 g/mol. The number of benzene rings is 1. The molecule has 9 heteroatoms. The van der Waals surface area contributed by atoms with E-state index in [9.17, 15) is 18.4 Å². The van der Waals surface area contributed by atoms with Gasteiger partial charge in [-0.15, -0.1) is 0 Å². The van der Waals surface area contributed by atoms with Gasteiger partial charge in [-0.05, 0) is 25.0 Å². The van der Waals surface area contributed by atoms with Crippen molar-refractivity contribution in [1.29, 1.82) is 0 Å². The Labute approximate surface area is 155 Å². The highest BCUT2D eigenvalue weighted by Gasteiger charge is 2.62. The van der Waals surface area contributed by atoms with Crippen molar-refractivity contribution in [3.63, 3.8) is 0 Å². The minimum Gasteiger partial charge on any atom is -0.328 e. The summed E-state index contributed by atoms with van der Waals surface area (Å²) >= 11 is 0. The Morgan fingerprint density at radius 1 is 1.41 bits per heavy atom. The lowest BCUT2D eigenvalue weighted by atomic mass is 9.81. The molecule has 2 amide bonds. The third-order valence-corrected chi connectivity index (χ3v) is 5.01. The Morgan fingerprint density at radius 2 is 2.07 bits per heavy atom. The van der Waals surface area contributed by atoms with Gasteiger partial charge in [-0.1, -0.05) is 11.5 Å². The number of carbonyl (C=O) groups excluding carboxylic acids is 2. The molecule has 1 aromatic carbocycles. The van der Waals surface area contributed by atoms with Gasteiger partial charge in [0.25, 0.3) is 5.91 Å². The van der Waals surface area contributed by atoms with Crippen LogP contribution in [0.2, 0.25) is 0 Å². The number of hydrogen-bond acceptors (Lipinski definition) is 4. The molecule has 1 unspecified atom stereocenters. The Hall–Kier alpha value is -2.84. The average Bonchev–Trinajstić information content (AvgIpc) is 3.26. The van der Waals surface area contributed by atoms with Crippen molar-refractivity contribution in [3.05, 3.63) is 47.0 Å². The van der Waals surface area contributed by atoms with E-state index in [1.165, 1.54) is 17.0 Å². The number of anilines is 1. The first-order valence-corrected chi connectivity index (χ1v) is 8.42. The van der Waals surface area contributed by atoms with Crippen LogP contribution in [0.1, 0.15) is 27.9 Å². The van der Waals surface area contributed by atoms with Crippen molar-refractivity contribution < 1.29 is 18.4 Å². The SMILES string of the molecule is [B]c1ccc2c(c1F)[C@]1(CC1F)CN(CC(=O)Nc1ncc(C)cn1)C2=O. The highest BCUT2D eigenvalue weighted by molar-refractivity contribution is 6.32. The topological polar surface area (TPSA) is 75.2 Å². The zero-order valence-electron chi connectivity index (χ0n) is 14.5. The first-order valence-electron chi connectivity index (χ1n) is 8.42. The molecule has 27 heavy (non-hydrogen) atoms. The van der Waals surface area contributed by atoms with Crippen molar-refractivity contribution in [2.45, 2.75) is 24.9 Å². The van der Waals surface area contributed by atoms with E-state index >= 15 is 0 Å². The molecular weight excluding hydrogens is 353 g/mol. The Morgan fingerprint density at radius 3 is 2.70 bits per heavy atom. The fourth-order valence-corrected chi connectivity index (χ4v) is 3.52. The quantitative estimate of drug-likeness (QED) is 0.814. The van der Waals surface area contributed by atoms with Crippen molar-refractivity contribution in [3.8, 4) is 0 Å². The summed E-state index contributed by atoms with van der Waals surface area (Å²) in [5.74, 6) is -1.69. The maximum atomic E-state index is 14.5. The van der Waals surface area contributed by atoms with Gasteiger partial charge in [-0.25, -0.2) is 18.7 Å². The van der Waals surface area contributed by atoms with Gasteiger partial charge in [0.2, 0.25) is 11.9 Å². The number of aryl methyl sites for hydroxylation is 1. The van der Waals surface area contributed by atoms with Gasteiger partial charge in [0, 0.05) is 30.1 Å². The Balaban J connectivity index is 1.58. The van der Waals surface area contributed by atoms with Crippen molar-refractivity contribution >= 4 is 31.1 Å². The number of nitrogens with one attached hydrogen (secondary N) is 1. The molecular formula is C18H15BF2N4O2. The maximum absolute atomic E-state index is 14.5. The predicted octanol–water partition coefficient (Wildman–Crippen LogP) is 0.792. The van der Waals surface area contributed by atoms with Gasteiger partial charge in [0.05, 0.1) is 5.41 Å². The molecule has 2 atom stereocenters. The number of aromatic nitrogens is 2. The van der Waals surface area contributed by atoms with Gasteiger partial charge in [-0.3, -0.25) is 14.9 Å². The fraction of sp³-hybridized carbons (Fsp3) is 0.333. The molecule has 1 aliphatic heterocycles. The zero-order valence-corrected chi connectivity index (χ0v) is 14.5. The number of fused-ring (bicyclic) bond motifs is 2. The summed E-state index contributed by atoms with van der Waals surface area (Å²) in [7, 11) is 5.60. The average molecular weight is 368 g/mol. The van der Waals surface area contributed by atoms with E-state index in [1.807, 2.05) is 6.92 Å². The van der Waals surface area contributed by atoms with E-state index in [-0.39, 0.29) is 42.0 Å². The minimum atomic E-state index is -1.29. The van der Waals surface area contributed by atoms with Gasteiger partial charge < -0.3 is 4.90 Å². The molecule has 4 rings (SSSR count). The summed E-state index contributed by atoms with van der Waals surface area (Å²) in [6.07, 6.45) is 1.90. The molecule has 0 bridgehead atoms. The number of hydrogen-bond donors (Lipinski definition) is 1. The number of carbonyl (C=O) groups is 2. The summed E-state index contributed by atoms with van der Waals surface area (Å²) in [5.41, 5.74) is -0.348. The highest BCUT2D eigenvalue weighted by atomic mass is 19.1. The van der Waals surface area contributed by atoms with Gasteiger partial charge in [-0.2, -0.15) is 0 Å². The second-order valence-corrected chi connectivity index (χ2v) is 7.01. The van der Waals surface area contributed by atoms with Gasteiger partial charge in [0.1, 0.15) is 26.4 Å². The lowest BCUT2D eigenvalue weighted by Crippen LogP contribution is -2.48. The first kappa shape index (κ1) is 17.6. The summed E-state index contributed by atoms with van der Waals surface area (Å²) in [6, 6.07) is 2.66. The van der Waals surface area contributed by atoms with Crippen LogP contribution in [-0.4, -0.2) is 53.8 Å². The second kappa shape index (κ2) is 6.11. The molecule has 2 aromatic rings. The third kappa shape index (κ3) is 2.87. The van der Waals surface area contributed by atoms with Crippen molar-refractivity contribution in [2.75, 3.05) is 18.4 Å². The number of halogens is 2. The summed E-state index contributed by atoms with van der Waals surface area (Å²) in [5, 5.41) is 2.50. The number of nitrogens with zero attached hydrogens (tertiary/aromatic N) is 3. The van der Waals surface area contributed by atoms with Crippen molar-refractivity contribution in [1.82, 2.24) is 14.9 Å².